The Morgan fingerprint density at radius 3 is 3.11 bits per heavy atom. The Labute approximate surface area is 113 Å². The van der Waals surface area contributed by atoms with Crippen LogP contribution in [0.4, 0.5) is 0 Å². The Kier molecular flexibility index (Phi) is 3.40. The molecule has 1 amide bonds. The summed E-state index contributed by atoms with van der Waals surface area (Å²) in [6.07, 6.45) is 11.3. The van der Waals surface area contributed by atoms with Crippen molar-refractivity contribution in [3.63, 3.8) is 0 Å². The first-order valence-electron chi connectivity index (χ1n) is 7.20. The van der Waals surface area contributed by atoms with Crippen molar-refractivity contribution in [2.45, 2.75) is 51.6 Å². The molecule has 0 radical (unpaired) electrons. The van der Waals surface area contributed by atoms with E-state index < -0.39 is 0 Å². The summed E-state index contributed by atoms with van der Waals surface area (Å²) >= 11 is 0. The summed E-state index contributed by atoms with van der Waals surface area (Å²) in [5, 5.41) is 3.22. The number of fused-ring (bicyclic) bond motifs is 1. The highest BCUT2D eigenvalue weighted by atomic mass is 16.1. The topological polar surface area (TPSA) is 46.9 Å². The molecule has 1 aromatic heterocycles. The second kappa shape index (κ2) is 5.19. The lowest BCUT2D eigenvalue weighted by atomic mass is 9.93. The molecule has 1 aliphatic carbocycles. The van der Waals surface area contributed by atoms with E-state index in [9.17, 15) is 4.79 Å². The first-order chi connectivity index (χ1) is 9.22. The minimum absolute atomic E-state index is 0.177. The molecule has 1 aromatic rings. The second-order valence-electron chi connectivity index (χ2n) is 5.68. The Bertz CT molecular complexity index is 503. The molecule has 1 aliphatic heterocycles. The van der Waals surface area contributed by atoms with Gasteiger partial charge in [-0.15, -0.1) is 0 Å². The maximum Gasteiger partial charge on any atom is 0.223 e. The van der Waals surface area contributed by atoms with Crippen LogP contribution < -0.4 is 5.32 Å². The van der Waals surface area contributed by atoms with Crippen LogP contribution in [-0.4, -0.2) is 21.5 Å². The first-order valence-corrected chi connectivity index (χ1v) is 7.20. The molecule has 0 bridgehead atoms. The summed E-state index contributed by atoms with van der Waals surface area (Å²) in [4.78, 5) is 16.7. The van der Waals surface area contributed by atoms with E-state index in [1.54, 1.807) is 0 Å². The third-order valence-electron chi connectivity index (χ3n) is 4.10. The summed E-state index contributed by atoms with van der Waals surface area (Å²) in [7, 11) is 0. The van der Waals surface area contributed by atoms with Crippen LogP contribution in [0.25, 0.3) is 0 Å². The molecule has 2 heterocycles. The lowest BCUT2D eigenvalue weighted by Gasteiger charge is -2.27. The van der Waals surface area contributed by atoms with Crippen molar-refractivity contribution in [3.8, 4) is 0 Å². The van der Waals surface area contributed by atoms with Gasteiger partial charge in [-0.3, -0.25) is 4.79 Å². The molecular formula is C15H21N3O. The van der Waals surface area contributed by atoms with Gasteiger partial charge in [0.25, 0.3) is 0 Å². The zero-order chi connectivity index (χ0) is 13.2. The fourth-order valence-electron chi connectivity index (χ4n) is 3.05. The van der Waals surface area contributed by atoms with Crippen LogP contribution in [0, 0.1) is 12.8 Å². The predicted molar refractivity (Wildman–Crippen MR) is 73.7 cm³/mol. The van der Waals surface area contributed by atoms with Crippen LogP contribution >= 0.6 is 0 Å². The van der Waals surface area contributed by atoms with Gasteiger partial charge in [0.05, 0.1) is 5.69 Å². The molecule has 3 rings (SSSR count). The van der Waals surface area contributed by atoms with Crippen molar-refractivity contribution in [1.82, 2.24) is 14.9 Å². The number of carbonyl (C=O) groups excluding carboxylic acids is 1. The first kappa shape index (κ1) is 12.5. The third kappa shape index (κ3) is 2.72. The van der Waals surface area contributed by atoms with Gasteiger partial charge in [-0.05, 0) is 32.6 Å². The number of aryl methyl sites for hydroxylation is 2. The van der Waals surface area contributed by atoms with Gasteiger partial charge in [0.1, 0.15) is 5.82 Å². The zero-order valence-electron chi connectivity index (χ0n) is 11.4. The highest BCUT2D eigenvalue weighted by molar-refractivity contribution is 5.79. The molecule has 1 N–H and O–H groups in total. The lowest BCUT2D eigenvalue weighted by molar-refractivity contribution is -0.126. The number of amides is 1. The van der Waals surface area contributed by atoms with Crippen molar-refractivity contribution < 1.29 is 4.79 Å². The number of rotatable bonds is 2. The average molecular weight is 259 g/mol. The van der Waals surface area contributed by atoms with E-state index in [2.05, 4.69) is 33.2 Å². The predicted octanol–water partition coefficient (Wildman–Crippen LogP) is 1.98. The number of aromatic nitrogens is 2. The van der Waals surface area contributed by atoms with Crippen LogP contribution in [0.1, 0.15) is 37.2 Å². The maximum atomic E-state index is 12.2. The molecule has 0 spiro atoms. The molecule has 0 aromatic carbocycles. The average Bonchev–Trinajstić information content (AvgIpc) is 2.79. The van der Waals surface area contributed by atoms with Crippen LogP contribution in [-0.2, 0) is 17.8 Å². The van der Waals surface area contributed by atoms with Gasteiger partial charge in [-0.25, -0.2) is 4.98 Å². The number of imidazole rings is 1. The normalized spacial score (nSPS) is 25.9. The van der Waals surface area contributed by atoms with Crippen molar-refractivity contribution in [3.05, 3.63) is 29.9 Å². The van der Waals surface area contributed by atoms with Gasteiger partial charge in [0.2, 0.25) is 5.91 Å². The maximum absolute atomic E-state index is 12.2. The van der Waals surface area contributed by atoms with Crippen LogP contribution in [0.5, 0.6) is 0 Å². The van der Waals surface area contributed by atoms with E-state index in [0.29, 0.717) is 0 Å². The Balaban J connectivity index is 1.59. The van der Waals surface area contributed by atoms with Gasteiger partial charge in [0, 0.05) is 31.1 Å². The van der Waals surface area contributed by atoms with E-state index in [-0.39, 0.29) is 17.9 Å². The van der Waals surface area contributed by atoms with Gasteiger partial charge in [0.15, 0.2) is 0 Å². The molecule has 0 unspecified atom stereocenters. The molecule has 0 fully saturated rings. The Hall–Kier alpha value is -1.58. The van der Waals surface area contributed by atoms with Crippen molar-refractivity contribution >= 4 is 5.91 Å². The minimum atomic E-state index is 0.177. The van der Waals surface area contributed by atoms with E-state index >= 15 is 0 Å². The Morgan fingerprint density at radius 2 is 2.32 bits per heavy atom. The molecule has 102 valence electrons. The summed E-state index contributed by atoms with van der Waals surface area (Å²) < 4.78 is 2.19. The fourth-order valence-corrected chi connectivity index (χ4v) is 3.05. The second-order valence-corrected chi connectivity index (χ2v) is 5.68. The van der Waals surface area contributed by atoms with Gasteiger partial charge in [-0.2, -0.15) is 0 Å². The van der Waals surface area contributed by atoms with Gasteiger partial charge >= 0.3 is 0 Å². The molecule has 2 atom stereocenters. The summed E-state index contributed by atoms with van der Waals surface area (Å²) in [6, 6.07) is 0.263. The molecule has 0 saturated heterocycles. The standard InChI is InChI=1S/C15H21N3O/c1-11-9-18-10-13(7-8-14(18)16-11)17-15(19)12-5-3-2-4-6-12/h2-3,9,12-13H,4-8,10H2,1H3,(H,17,19)/t12-,13-/m1/s1. The van der Waals surface area contributed by atoms with Crippen LogP contribution in [0.15, 0.2) is 18.3 Å². The number of allylic oxidation sites excluding steroid dienone is 2. The number of hydrogen-bond acceptors (Lipinski definition) is 2. The highest BCUT2D eigenvalue weighted by Crippen LogP contribution is 2.20. The van der Waals surface area contributed by atoms with Crippen molar-refractivity contribution in [2.24, 2.45) is 5.92 Å². The largest absolute Gasteiger partial charge is 0.351 e. The summed E-state index contributed by atoms with van der Waals surface area (Å²) in [5.41, 5.74) is 1.07. The summed E-state index contributed by atoms with van der Waals surface area (Å²) in [5.74, 6) is 1.56. The van der Waals surface area contributed by atoms with Crippen molar-refractivity contribution in [1.29, 1.82) is 0 Å². The van der Waals surface area contributed by atoms with E-state index in [1.165, 1.54) is 0 Å². The third-order valence-corrected chi connectivity index (χ3v) is 4.10. The number of hydrogen-bond donors (Lipinski definition) is 1. The zero-order valence-corrected chi connectivity index (χ0v) is 11.4. The van der Waals surface area contributed by atoms with E-state index in [4.69, 9.17) is 0 Å². The minimum Gasteiger partial charge on any atom is -0.351 e. The number of nitrogens with one attached hydrogen (secondary N) is 1. The van der Waals surface area contributed by atoms with Crippen LogP contribution in [0.2, 0.25) is 0 Å². The van der Waals surface area contributed by atoms with E-state index in [1.807, 2.05) is 6.92 Å². The fraction of sp³-hybridized carbons (Fsp3) is 0.600. The SMILES string of the molecule is Cc1cn2c(n1)CC[C@@H](NC(=O)[C@@H]1CC=CCC1)C2. The molecule has 4 nitrogen and oxygen atoms in total. The van der Waals surface area contributed by atoms with Gasteiger partial charge in [-0.1, -0.05) is 12.2 Å². The number of carbonyl (C=O) groups is 1. The number of nitrogens with zero attached hydrogens (tertiary/aromatic N) is 2. The van der Waals surface area contributed by atoms with Gasteiger partial charge < -0.3 is 9.88 Å². The quantitative estimate of drug-likeness (QED) is 0.826. The smallest absolute Gasteiger partial charge is 0.223 e. The van der Waals surface area contributed by atoms with Crippen LogP contribution in [0.3, 0.4) is 0 Å². The molecule has 2 aliphatic rings. The monoisotopic (exact) mass is 259 g/mol. The molecular weight excluding hydrogens is 238 g/mol. The highest BCUT2D eigenvalue weighted by Gasteiger charge is 2.25. The lowest BCUT2D eigenvalue weighted by Crippen LogP contribution is -2.43. The van der Waals surface area contributed by atoms with E-state index in [0.717, 1.165) is 50.2 Å². The Morgan fingerprint density at radius 1 is 1.42 bits per heavy atom. The molecule has 19 heavy (non-hydrogen) atoms. The molecule has 4 heteroatoms. The molecule has 0 saturated carbocycles. The summed E-state index contributed by atoms with van der Waals surface area (Å²) in [6.45, 7) is 2.89. The van der Waals surface area contributed by atoms with Crippen molar-refractivity contribution in [2.75, 3.05) is 0 Å².